The molecule has 6 aromatic carbocycles. The zero-order valence-electron chi connectivity index (χ0n) is 19.5. The molecule has 1 nitrogen and oxygen atoms in total. The maximum absolute atomic E-state index is 6.31. The van der Waals surface area contributed by atoms with Crippen molar-refractivity contribution >= 4 is 21.5 Å². The van der Waals surface area contributed by atoms with Gasteiger partial charge in [0.15, 0.2) is 0 Å². The van der Waals surface area contributed by atoms with Crippen molar-refractivity contribution in [2.45, 2.75) is 13.2 Å². The highest BCUT2D eigenvalue weighted by Crippen LogP contribution is 2.30. The molecule has 0 heterocycles. The van der Waals surface area contributed by atoms with Gasteiger partial charge in [-0.1, -0.05) is 121 Å². The highest BCUT2D eigenvalue weighted by atomic mass is 16.5. The van der Waals surface area contributed by atoms with E-state index in [4.69, 9.17) is 4.74 Å². The van der Waals surface area contributed by atoms with E-state index in [-0.39, 0.29) is 0 Å². The number of fused-ring (bicyclic) bond motifs is 2. The Morgan fingerprint density at radius 3 is 1.26 bits per heavy atom. The SMILES string of the molecule is c1ccc(-c2ccc3ccccc3c2)c(COCc2ccccc2-c2ccc3ccccc3c2)c1. The van der Waals surface area contributed by atoms with Crippen molar-refractivity contribution in [3.63, 3.8) is 0 Å². The van der Waals surface area contributed by atoms with Crippen molar-refractivity contribution in [1.82, 2.24) is 0 Å². The van der Waals surface area contributed by atoms with Crippen LogP contribution in [0.15, 0.2) is 133 Å². The molecule has 0 aromatic heterocycles. The van der Waals surface area contributed by atoms with E-state index in [1.165, 1.54) is 54.9 Å². The Balaban J connectivity index is 1.24. The average Bonchev–Trinajstić information content (AvgIpc) is 2.93. The number of rotatable bonds is 6. The maximum Gasteiger partial charge on any atom is 0.0727 e. The summed E-state index contributed by atoms with van der Waals surface area (Å²) in [7, 11) is 0. The van der Waals surface area contributed by atoms with Crippen LogP contribution in [0.5, 0.6) is 0 Å². The molecule has 35 heavy (non-hydrogen) atoms. The lowest BCUT2D eigenvalue weighted by Gasteiger charge is -2.14. The van der Waals surface area contributed by atoms with Gasteiger partial charge in [0.1, 0.15) is 0 Å². The molecule has 0 N–H and O–H groups in total. The van der Waals surface area contributed by atoms with E-state index in [0.717, 1.165) is 0 Å². The Morgan fingerprint density at radius 2 is 0.771 bits per heavy atom. The Morgan fingerprint density at radius 1 is 0.371 bits per heavy atom. The van der Waals surface area contributed by atoms with Gasteiger partial charge in [-0.3, -0.25) is 0 Å². The second-order valence-corrected chi connectivity index (χ2v) is 8.93. The third-order valence-electron chi connectivity index (χ3n) is 6.67. The van der Waals surface area contributed by atoms with E-state index in [1.54, 1.807) is 0 Å². The predicted molar refractivity (Wildman–Crippen MR) is 147 cm³/mol. The van der Waals surface area contributed by atoms with Crippen LogP contribution < -0.4 is 0 Å². The average molecular weight is 451 g/mol. The van der Waals surface area contributed by atoms with Crippen LogP contribution in [-0.2, 0) is 18.0 Å². The zero-order valence-corrected chi connectivity index (χ0v) is 19.5. The third kappa shape index (κ3) is 4.47. The highest BCUT2D eigenvalue weighted by Gasteiger charge is 2.09. The molecule has 6 rings (SSSR count). The maximum atomic E-state index is 6.31. The molecule has 0 aliphatic rings. The van der Waals surface area contributed by atoms with E-state index < -0.39 is 0 Å². The van der Waals surface area contributed by atoms with Crippen molar-refractivity contribution in [3.05, 3.63) is 145 Å². The molecule has 0 saturated heterocycles. The molecule has 6 aromatic rings. The van der Waals surface area contributed by atoms with Crippen LogP contribution in [0.2, 0.25) is 0 Å². The second-order valence-electron chi connectivity index (χ2n) is 8.93. The largest absolute Gasteiger partial charge is 0.372 e. The number of ether oxygens (including phenoxy) is 1. The first kappa shape index (κ1) is 21.3. The molecular formula is C34H26O. The van der Waals surface area contributed by atoms with Crippen molar-refractivity contribution in [2.75, 3.05) is 0 Å². The molecule has 0 aliphatic heterocycles. The number of hydrogen-bond acceptors (Lipinski definition) is 1. The van der Waals surface area contributed by atoms with E-state index in [9.17, 15) is 0 Å². The van der Waals surface area contributed by atoms with Crippen molar-refractivity contribution in [2.24, 2.45) is 0 Å². The van der Waals surface area contributed by atoms with Gasteiger partial charge in [-0.15, -0.1) is 0 Å². The van der Waals surface area contributed by atoms with Crippen molar-refractivity contribution in [1.29, 1.82) is 0 Å². The lowest BCUT2D eigenvalue weighted by molar-refractivity contribution is 0.108. The lowest BCUT2D eigenvalue weighted by atomic mass is 9.97. The summed E-state index contributed by atoms with van der Waals surface area (Å²) >= 11 is 0. The van der Waals surface area contributed by atoms with E-state index in [2.05, 4.69) is 133 Å². The summed E-state index contributed by atoms with van der Waals surface area (Å²) in [6, 6.07) is 47.4. The summed E-state index contributed by atoms with van der Waals surface area (Å²) < 4.78 is 6.31. The molecule has 0 bridgehead atoms. The second kappa shape index (κ2) is 9.58. The quantitative estimate of drug-likeness (QED) is 0.246. The van der Waals surface area contributed by atoms with Gasteiger partial charge in [-0.05, 0) is 67.1 Å². The van der Waals surface area contributed by atoms with Gasteiger partial charge in [0.2, 0.25) is 0 Å². The van der Waals surface area contributed by atoms with Gasteiger partial charge in [0, 0.05) is 0 Å². The fourth-order valence-corrected chi connectivity index (χ4v) is 4.84. The van der Waals surface area contributed by atoms with Crippen LogP contribution in [0, 0.1) is 0 Å². The Bertz CT molecular complexity index is 1510. The summed E-state index contributed by atoms with van der Waals surface area (Å²) in [5.41, 5.74) is 7.29. The van der Waals surface area contributed by atoms with Crippen LogP contribution >= 0.6 is 0 Å². The lowest BCUT2D eigenvalue weighted by Crippen LogP contribution is -1.98. The van der Waals surface area contributed by atoms with Crippen molar-refractivity contribution < 1.29 is 4.74 Å². The minimum absolute atomic E-state index is 0.565. The van der Waals surface area contributed by atoms with Gasteiger partial charge in [0.05, 0.1) is 13.2 Å². The van der Waals surface area contributed by atoms with Gasteiger partial charge >= 0.3 is 0 Å². The van der Waals surface area contributed by atoms with E-state index in [0.29, 0.717) is 13.2 Å². The molecule has 0 spiro atoms. The highest BCUT2D eigenvalue weighted by molar-refractivity contribution is 5.88. The smallest absolute Gasteiger partial charge is 0.0727 e. The summed E-state index contributed by atoms with van der Waals surface area (Å²) in [4.78, 5) is 0. The standard InChI is InChI=1S/C34H26O/c1-3-11-27-21-29(19-17-25(27)9-1)33-15-7-5-13-31(33)23-35-24-32-14-6-8-16-34(32)30-20-18-26-10-2-4-12-28(26)22-30/h1-22H,23-24H2. The third-order valence-corrected chi connectivity index (χ3v) is 6.67. The fraction of sp³-hybridized carbons (Fsp3) is 0.0588. The molecule has 0 unspecified atom stereocenters. The molecule has 0 radical (unpaired) electrons. The van der Waals surface area contributed by atoms with Crippen LogP contribution in [-0.4, -0.2) is 0 Å². The van der Waals surface area contributed by atoms with Crippen LogP contribution in [0.3, 0.4) is 0 Å². The van der Waals surface area contributed by atoms with E-state index in [1.807, 2.05) is 0 Å². The molecule has 0 fully saturated rings. The first-order chi connectivity index (χ1) is 17.3. The summed E-state index contributed by atoms with van der Waals surface area (Å²) in [6.45, 7) is 1.13. The molecule has 0 atom stereocenters. The minimum atomic E-state index is 0.565. The molecular weight excluding hydrogens is 424 g/mol. The first-order valence-corrected chi connectivity index (χ1v) is 12.1. The van der Waals surface area contributed by atoms with Gasteiger partial charge < -0.3 is 4.74 Å². The first-order valence-electron chi connectivity index (χ1n) is 12.1. The molecule has 168 valence electrons. The van der Waals surface area contributed by atoms with Crippen LogP contribution in [0.25, 0.3) is 43.8 Å². The number of hydrogen-bond donors (Lipinski definition) is 0. The normalized spacial score (nSPS) is 11.2. The molecule has 0 amide bonds. The monoisotopic (exact) mass is 450 g/mol. The summed E-state index contributed by atoms with van der Waals surface area (Å²) in [6.07, 6.45) is 0. The van der Waals surface area contributed by atoms with Crippen molar-refractivity contribution in [3.8, 4) is 22.3 Å². The van der Waals surface area contributed by atoms with Gasteiger partial charge in [0.25, 0.3) is 0 Å². The van der Waals surface area contributed by atoms with Crippen LogP contribution in [0.1, 0.15) is 11.1 Å². The molecule has 0 aliphatic carbocycles. The van der Waals surface area contributed by atoms with Crippen LogP contribution in [0.4, 0.5) is 0 Å². The Kier molecular flexibility index (Phi) is 5.84. The Hall–Kier alpha value is -4.20. The minimum Gasteiger partial charge on any atom is -0.372 e. The van der Waals surface area contributed by atoms with Gasteiger partial charge in [-0.2, -0.15) is 0 Å². The number of benzene rings is 6. The Labute approximate surface area is 206 Å². The van der Waals surface area contributed by atoms with Gasteiger partial charge in [-0.25, -0.2) is 0 Å². The fourth-order valence-electron chi connectivity index (χ4n) is 4.84. The van der Waals surface area contributed by atoms with E-state index >= 15 is 0 Å². The molecule has 1 heteroatoms. The topological polar surface area (TPSA) is 9.23 Å². The summed E-state index contributed by atoms with van der Waals surface area (Å²) in [5.74, 6) is 0. The molecule has 0 saturated carbocycles. The zero-order chi connectivity index (χ0) is 23.5. The predicted octanol–water partition coefficient (Wildman–Crippen LogP) is 9.04. The summed E-state index contributed by atoms with van der Waals surface area (Å²) in [5, 5.41) is 5.03.